The second-order valence-electron chi connectivity index (χ2n) is 0.316. The summed E-state index contributed by atoms with van der Waals surface area (Å²) < 4.78 is 20.1. The maximum absolute atomic E-state index is 8.17. The molecule has 0 aromatic carbocycles. The molecule has 0 aliphatic heterocycles. The third-order valence-corrected chi connectivity index (χ3v) is 0.180. The average Bonchev–Trinajstić information content (AvgIpc) is 2.08. The second-order valence-corrected chi connectivity index (χ2v) is 0.508. The number of rotatable bonds is 3. The van der Waals surface area contributed by atoms with Crippen LogP contribution in [-0.2, 0) is 43.7 Å². The predicted octanol–water partition coefficient (Wildman–Crippen LogP) is -2.86. The van der Waals surface area contributed by atoms with E-state index in [9.17, 15) is 0 Å². The zero-order valence-corrected chi connectivity index (χ0v) is 11.1. The molecule has 0 rings (SSSR count). The summed E-state index contributed by atoms with van der Waals surface area (Å²) in [5, 5.41) is 15.9. The molecule has 8 radical (unpaired) electrons. The quantitative estimate of drug-likeness (QED) is 0.182. The van der Waals surface area contributed by atoms with Crippen molar-refractivity contribution < 1.29 is 49.0 Å². The van der Waals surface area contributed by atoms with E-state index in [0.29, 0.717) is 0 Å². The maximum atomic E-state index is 8.17. The van der Waals surface area contributed by atoms with Gasteiger partial charge in [-0.05, 0) is 0 Å². The van der Waals surface area contributed by atoms with Gasteiger partial charge < -0.3 is 3.94 Å². The fourth-order valence-corrected chi connectivity index (χ4v) is 0.0620. The topological polar surface area (TPSA) is 94.0 Å². The third kappa shape index (κ3) is 57.7. The Morgan fingerprint density at radius 3 is 1.42 bits per heavy atom. The molecule has 12 heavy (non-hydrogen) atoms. The van der Waals surface area contributed by atoms with Crippen LogP contribution in [0.25, 0.3) is 0 Å². The van der Waals surface area contributed by atoms with Gasteiger partial charge in [0.15, 0.2) is 0 Å². The third-order valence-electron chi connectivity index (χ3n) is 0.101. The van der Waals surface area contributed by atoms with E-state index in [-0.39, 0.29) is 34.4 Å². The molecule has 12 heteroatoms. The van der Waals surface area contributed by atoms with E-state index in [1.807, 2.05) is 0 Å². The summed E-state index contributed by atoms with van der Waals surface area (Å²) in [5.74, 6) is 0. The first-order valence-corrected chi connectivity index (χ1v) is 2.83. The van der Waals surface area contributed by atoms with Crippen LogP contribution in [0.2, 0.25) is 0 Å². The summed E-state index contributed by atoms with van der Waals surface area (Å²) in [6.07, 6.45) is 0. The van der Waals surface area contributed by atoms with Crippen molar-refractivity contribution in [1.29, 1.82) is 0 Å². The average molecular weight is 285 g/mol. The van der Waals surface area contributed by atoms with Crippen LogP contribution >= 0.6 is 0 Å². The molecule has 0 amide bonds. The van der Waals surface area contributed by atoms with Crippen molar-refractivity contribution in [2.45, 2.75) is 0 Å². The molecule has 0 heterocycles. The molecular formula is H2Al4CuO7+. The molecule has 0 saturated heterocycles. The van der Waals surface area contributed by atoms with Crippen molar-refractivity contribution in [1.82, 2.24) is 0 Å². The molecule has 0 aliphatic rings. The molecule has 0 aliphatic carbocycles. The fourth-order valence-electron chi connectivity index (χ4n) is 0.0299. The molecule has 0 aromatic rings. The van der Waals surface area contributed by atoms with E-state index in [1.165, 1.54) is 32.4 Å². The van der Waals surface area contributed by atoms with Gasteiger partial charge >= 0.3 is 56.7 Å². The minimum absolute atomic E-state index is 0. The van der Waals surface area contributed by atoms with Crippen molar-refractivity contribution in [2.75, 3.05) is 0 Å². The van der Waals surface area contributed by atoms with Gasteiger partial charge in [-0.15, -0.1) is 0 Å². The van der Waals surface area contributed by atoms with E-state index in [1.54, 1.807) is 16.6 Å². The molecule has 0 saturated carbocycles. The van der Waals surface area contributed by atoms with Crippen molar-refractivity contribution in [3.63, 3.8) is 0 Å². The van der Waals surface area contributed by atoms with Gasteiger partial charge in [-0.2, -0.15) is 0 Å². The van der Waals surface area contributed by atoms with Gasteiger partial charge in [0.2, 0.25) is 0 Å². The Hall–Kier alpha value is 2.05. The molecule has 0 atom stereocenters. The van der Waals surface area contributed by atoms with Gasteiger partial charge in [0, 0.05) is 39.5 Å². The summed E-state index contributed by atoms with van der Waals surface area (Å²) in [4.78, 5) is 0. The van der Waals surface area contributed by atoms with Gasteiger partial charge in [0.25, 0.3) is 0 Å². The van der Waals surface area contributed by atoms with Crippen LogP contribution < -0.4 is 0 Å². The van der Waals surface area contributed by atoms with E-state index in [4.69, 9.17) is 12.9 Å². The van der Waals surface area contributed by atoms with E-state index in [0.717, 1.165) is 0 Å². The Morgan fingerprint density at radius 2 is 1.33 bits per heavy atom. The van der Waals surface area contributed by atoms with Crippen LogP contribution in [0.5, 0.6) is 0 Å². The minimum atomic E-state index is 0. The first-order chi connectivity index (χ1) is 4.91. The standard InChI is InChI=1S/4Al.Cu.H2O5.2O/c;;;;;1-3-5-4-2;;/h;;;;;1-2H;;/q;;;+1;;;;. The summed E-state index contributed by atoms with van der Waals surface area (Å²) in [5.41, 5.74) is 0. The van der Waals surface area contributed by atoms with Crippen LogP contribution in [0.15, 0.2) is 0 Å². The van der Waals surface area contributed by atoms with Crippen molar-refractivity contribution in [3.8, 4) is 0 Å². The molecule has 7 nitrogen and oxygen atoms in total. The molecule has 0 unspecified atom stereocenters. The van der Waals surface area contributed by atoms with Crippen LogP contribution in [0, 0.1) is 0 Å². The van der Waals surface area contributed by atoms with E-state index in [2.05, 4.69) is 19.1 Å². The molecular weight excluding hydrogens is 283 g/mol. The van der Waals surface area contributed by atoms with Crippen LogP contribution in [0.3, 0.4) is 0 Å². The molecule has 0 fully saturated rings. The Morgan fingerprint density at radius 1 is 1.00 bits per heavy atom. The monoisotopic (exact) mass is 285 g/mol. The summed E-state index contributed by atoms with van der Waals surface area (Å²) in [6, 6.07) is 0. The normalized spacial score (nSPS) is 4.92. The van der Waals surface area contributed by atoms with Gasteiger partial charge in [-0.3, -0.25) is 0 Å². The van der Waals surface area contributed by atoms with Crippen LogP contribution in [-0.4, -0.2) is 71.7 Å². The Labute approximate surface area is 114 Å². The zero-order chi connectivity index (χ0) is 8.83. The van der Waals surface area contributed by atoms with E-state index >= 15 is 0 Å². The summed E-state index contributed by atoms with van der Waals surface area (Å²) >= 11 is 4.05. The second kappa shape index (κ2) is 51.8. The van der Waals surface area contributed by atoms with Gasteiger partial charge in [-0.1, -0.05) is 5.04 Å². The Kier molecular flexibility index (Phi) is 126. The van der Waals surface area contributed by atoms with Gasteiger partial charge in [0.05, 0.1) is 0 Å². The summed E-state index contributed by atoms with van der Waals surface area (Å²) in [7, 11) is 0. The first kappa shape index (κ1) is 29.2. The SMILES string of the molecule is [Al].[Cu].[OH2+]OOO[O][Al].[O]=[Al].[O]=[Al]. The van der Waals surface area contributed by atoms with Crippen LogP contribution in [0.1, 0.15) is 0 Å². The molecule has 66 valence electrons. The molecule has 0 spiro atoms. The van der Waals surface area contributed by atoms with Gasteiger partial charge in [-0.25, -0.2) is 5.26 Å². The van der Waals surface area contributed by atoms with E-state index < -0.39 is 0 Å². The Bertz CT molecular complexity index is 40.4. The Balaban J connectivity index is -0.0000000241. The van der Waals surface area contributed by atoms with Crippen molar-refractivity contribution >= 4 is 66.4 Å². The number of hydrogen-bond acceptors (Lipinski definition) is 6. The number of hydrogen-bond donors (Lipinski definition) is 0. The molecule has 2 N–H and O–H groups in total. The zero-order valence-electron chi connectivity index (χ0n) is 5.56. The summed E-state index contributed by atoms with van der Waals surface area (Å²) in [6.45, 7) is 0. The van der Waals surface area contributed by atoms with Crippen LogP contribution in [0.4, 0.5) is 0 Å². The van der Waals surface area contributed by atoms with Gasteiger partial charge in [0.1, 0.15) is 5.04 Å². The molecule has 0 aromatic heterocycles. The predicted molar refractivity (Wildman–Crippen MR) is 32.3 cm³/mol. The molecule has 0 bridgehead atoms. The first-order valence-electron chi connectivity index (χ1n) is 1.41. The van der Waals surface area contributed by atoms with Crippen molar-refractivity contribution in [2.24, 2.45) is 0 Å². The van der Waals surface area contributed by atoms with Crippen molar-refractivity contribution in [3.05, 3.63) is 0 Å². The fraction of sp³-hybridized carbons (Fsp3) is 0.